The van der Waals surface area contributed by atoms with Gasteiger partial charge >= 0.3 is 0 Å². The van der Waals surface area contributed by atoms with Crippen LogP contribution in [0, 0.1) is 0 Å². The average molecular weight is 249 g/mol. The van der Waals surface area contributed by atoms with Gasteiger partial charge in [0.15, 0.2) is 0 Å². The smallest absolute Gasteiger partial charge is 0.147 e. The van der Waals surface area contributed by atoms with Crippen molar-refractivity contribution in [1.82, 2.24) is 9.97 Å². The number of rotatable bonds is 4. The van der Waals surface area contributed by atoms with E-state index in [2.05, 4.69) is 15.3 Å². The minimum atomic E-state index is 0.433. The third-order valence-corrected chi connectivity index (χ3v) is 3.94. The van der Waals surface area contributed by atoms with Crippen LogP contribution in [0.5, 0.6) is 0 Å². The van der Waals surface area contributed by atoms with Crippen molar-refractivity contribution < 1.29 is 4.74 Å². The summed E-state index contributed by atoms with van der Waals surface area (Å²) >= 11 is 1.68. The second kappa shape index (κ2) is 4.98. The molecule has 1 aliphatic heterocycles. The molecule has 1 aliphatic rings. The van der Waals surface area contributed by atoms with E-state index >= 15 is 0 Å². The zero-order chi connectivity index (χ0) is 11.5. The van der Waals surface area contributed by atoms with E-state index in [0.29, 0.717) is 6.10 Å². The fraction of sp³-hybridized carbons (Fsp3) is 0.500. The summed E-state index contributed by atoms with van der Waals surface area (Å²) in [6.07, 6.45) is 5.50. The SMILES string of the molecule is c1nc(NCCC2CCCO2)c2sccc2n1. The number of thiophene rings is 1. The molecule has 0 amide bonds. The molecular weight excluding hydrogens is 234 g/mol. The summed E-state index contributed by atoms with van der Waals surface area (Å²) in [6, 6.07) is 2.02. The van der Waals surface area contributed by atoms with E-state index in [1.807, 2.05) is 11.4 Å². The van der Waals surface area contributed by atoms with Gasteiger partial charge < -0.3 is 10.1 Å². The summed E-state index contributed by atoms with van der Waals surface area (Å²) in [7, 11) is 0. The molecule has 3 heterocycles. The van der Waals surface area contributed by atoms with Gasteiger partial charge in [0.2, 0.25) is 0 Å². The first kappa shape index (κ1) is 10.9. The van der Waals surface area contributed by atoms with Crippen molar-refractivity contribution in [1.29, 1.82) is 0 Å². The number of aromatic nitrogens is 2. The Hall–Kier alpha value is -1.20. The summed E-state index contributed by atoms with van der Waals surface area (Å²) in [5.74, 6) is 0.947. The van der Waals surface area contributed by atoms with Crippen molar-refractivity contribution in [3.05, 3.63) is 17.8 Å². The summed E-state index contributed by atoms with van der Waals surface area (Å²) in [5, 5.41) is 5.43. The van der Waals surface area contributed by atoms with Crippen LogP contribution in [-0.2, 0) is 4.74 Å². The fourth-order valence-electron chi connectivity index (χ4n) is 2.14. The Morgan fingerprint density at radius 1 is 1.47 bits per heavy atom. The third kappa shape index (κ3) is 2.40. The number of ether oxygens (including phenoxy) is 1. The molecule has 1 saturated heterocycles. The van der Waals surface area contributed by atoms with Gasteiger partial charge in [0, 0.05) is 13.2 Å². The maximum Gasteiger partial charge on any atom is 0.147 e. The normalized spacial score (nSPS) is 19.9. The second-order valence-electron chi connectivity index (χ2n) is 4.21. The Bertz CT molecular complexity index is 493. The highest BCUT2D eigenvalue weighted by atomic mass is 32.1. The molecule has 1 unspecified atom stereocenters. The van der Waals surface area contributed by atoms with Crippen LogP contribution in [-0.4, -0.2) is 29.2 Å². The lowest BCUT2D eigenvalue weighted by Gasteiger charge is -2.10. The third-order valence-electron chi connectivity index (χ3n) is 3.03. The van der Waals surface area contributed by atoms with E-state index in [9.17, 15) is 0 Å². The van der Waals surface area contributed by atoms with Crippen LogP contribution >= 0.6 is 11.3 Å². The number of nitrogens with one attached hydrogen (secondary N) is 1. The molecule has 5 heteroatoms. The van der Waals surface area contributed by atoms with Gasteiger partial charge in [0.25, 0.3) is 0 Å². The number of hydrogen-bond donors (Lipinski definition) is 1. The molecule has 0 aromatic carbocycles. The molecule has 0 aliphatic carbocycles. The van der Waals surface area contributed by atoms with E-state index in [1.165, 1.54) is 12.8 Å². The van der Waals surface area contributed by atoms with Crippen molar-refractivity contribution in [2.45, 2.75) is 25.4 Å². The van der Waals surface area contributed by atoms with Crippen LogP contribution in [0.2, 0.25) is 0 Å². The Labute approximate surface area is 104 Å². The number of hydrogen-bond acceptors (Lipinski definition) is 5. The Morgan fingerprint density at radius 2 is 2.47 bits per heavy atom. The molecule has 2 aromatic rings. The van der Waals surface area contributed by atoms with E-state index in [-0.39, 0.29) is 0 Å². The van der Waals surface area contributed by atoms with E-state index in [1.54, 1.807) is 17.7 Å². The highest BCUT2D eigenvalue weighted by Crippen LogP contribution is 2.25. The Kier molecular flexibility index (Phi) is 3.20. The number of fused-ring (bicyclic) bond motifs is 1. The van der Waals surface area contributed by atoms with Crippen LogP contribution in [0.1, 0.15) is 19.3 Å². The van der Waals surface area contributed by atoms with Crippen molar-refractivity contribution in [3.8, 4) is 0 Å². The van der Waals surface area contributed by atoms with Gasteiger partial charge in [-0.25, -0.2) is 9.97 Å². The maximum absolute atomic E-state index is 5.59. The summed E-state index contributed by atoms with van der Waals surface area (Å²) in [4.78, 5) is 8.51. The van der Waals surface area contributed by atoms with E-state index in [0.717, 1.165) is 35.6 Å². The molecule has 0 bridgehead atoms. The minimum Gasteiger partial charge on any atom is -0.378 e. The fourth-order valence-corrected chi connectivity index (χ4v) is 2.95. The van der Waals surface area contributed by atoms with Gasteiger partial charge in [-0.05, 0) is 30.7 Å². The van der Waals surface area contributed by atoms with Gasteiger partial charge in [-0.3, -0.25) is 0 Å². The molecule has 17 heavy (non-hydrogen) atoms. The van der Waals surface area contributed by atoms with Crippen LogP contribution in [0.4, 0.5) is 5.82 Å². The average Bonchev–Trinajstić information content (AvgIpc) is 2.99. The molecule has 0 saturated carbocycles. The molecule has 0 spiro atoms. The first-order chi connectivity index (χ1) is 8.43. The highest BCUT2D eigenvalue weighted by molar-refractivity contribution is 7.17. The summed E-state index contributed by atoms with van der Waals surface area (Å²) in [6.45, 7) is 1.84. The zero-order valence-corrected chi connectivity index (χ0v) is 10.4. The Balaban J connectivity index is 1.62. The zero-order valence-electron chi connectivity index (χ0n) is 9.56. The lowest BCUT2D eigenvalue weighted by atomic mass is 10.2. The minimum absolute atomic E-state index is 0.433. The molecule has 4 nitrogen and oxygen atoms in total. The van der Waals surface area contributed by atoms with Gasteiger partial charge in [0.05, 0.1) is 16.3 Å². The Morgan fingerprint density at radius 3 is 3.35 bits per heavy atom. The standard InChI is InChI=1S/C12H15N3OS/c1-2-9(16-6-1)3-5-13-12-11-10(4-7-17-11)14-8-15-12/h4,7-9H,1-3,5-6H2,(H,13,14,15). The monoisotopic (exact) mass is 249 g/mol. The van der Waals surface area contributed by atoms with Gasteiger partial charge in [-0.15, -0.1) is 11.3 Å². The van der Waals surface area contributed by atoms with E-state index < -0.39 is 0 Å². The van der Waals surface area contributed by atoms with E-state index in [4.69, 9.17) is 4.74 Å². The van der Waals surface area contributed by atoms with Crippen molar-refractivity contribution in [2.24, 2.45) is 0 Å². The first-order valence-corrected chi connectivity index (χ1v) is 6.85. The summed E-state index contributed by atoms with van der Waals surface area (Å²) < 4.78 is 6.73. The van der Waals surface area contributed by atoms with Crippen molar-refractivity contribution in [2.75, 3.05) is 18.5 Å². The molecule has 3 rings (SSSR count). The maximum atomic E-state index is 5.59. The lowest BCUT2D eigenvalue weighted by molar-refractivity contribution is 0.107. The molecule has 90 valence electrons. The van der Waals surface area contributed by atoms with Gasteiger partial charge in [0.1, 0.15) is 12.1 Å². The molecule has 1 fully saturated rings. The summed E-state index contributed by atoms with van der Waals surface area (Å²) in [5.41, 5.74) is 1.02. The topological polar surface area (TPSA) is 47.0 Å². The molecule has 0 radical (unpaired) electrons. The lowest BCUT2D eigenvalue weighted by Crippen LogP contribution is -2.13. The predicted molar refractivity (Wildman–Crippen MR) is 69.5 cm³/mol. The number of anilines is 1. The molecule has 2 aromatic heterocycles. The molecule has 1 atom stereocenters. The van der Waals surface area contributed by atoms with Crippen LogP contribution < -0.4 is 5.32 Å². The van der Waals surface area contributed by atoms with Gasteiger partial charge in [-0.1, -0.05) is 0 Å². The first-order valence-electron chi connectivity index (χ1n) is 5.97. The van der Waals surface area contributed by atoms with Crippen LogP contribution in [0.25, 0.3) is 10.2 Å². The molecule has 1 N–H and O–H groups in total. The van der Waals surface area contributed by atoms with Crippen LogP contribution in [0.15, 0.2) is 17.8 Å². The second-order valence-corrected chi connectivity index (χ2v) is 5.12. The number of nitrogens with zero attached hydrogens (tertiary/aromatic N) is 2. The predicted octanol–water partition coefficient (Wildman–Crippen LogP) is 2.67. The van der Waals surface area contributed by atoms with Crippen molar-refractivity contribution in [3.63, 3.8) is 0 Å². The largest absolute Gasteiger partial charge is 0.378 e. The van der Waals surface area contributed by atoms with Gasteiger partial charge in [-0.2, -0.15) is 0 Å². The van der Waals surface area contributed by atoms with Crippen LogP contribution in [0.3, 0.4) is 0 Å². The highest BCUT2D eigenvalue weighted by Gasteiger charge is 2.14. The molecular formula is C12H15N3OS. The van der Waals surface area contributed by atoms with Crippen molar-refractivity contribution >= 4 is 27.4 Å². The quantitative estimate of drug-likeness (QED) is 0.905.